The van der Waals surface area contributed by atoms with Crippen LogP contribution in [0.25, 0.3) is 0 Å². The van der Waals surface area contributed by atoms with Crippen LogP contribution in [0.2, 0.25) is 0 Å². The zero-order valence-electron chi connectivity index (χ0n) is 16.6. The van der Waals surface area contributed by atoms with E-state index in [9.17, 15) is 13.2 Å². The van der Waals surface area contributed by atoms with Crippen molar-refractivity contribution in [2.75, 3.05) is 4.72 Å². The van der Waals surface area contributed by atoms with E-state index in [0.717, 1.165) is 16.7 Å². The van der Waals surface area contributed by atoms with Crippen molar-refractivity contribution in [3.05, 3.63) is 95.1 Å². The second-order valence-corrected chi connectivity index (χ2v) is 8.68. The van der Waals surface area contributed by atoms with Crippen LogP contribution in [0.15, 0.2) is 77.7 Å². The van der Waals surface area contributed by atoms with Crippen molar-refractivity contribution in [1.29, 1.82) is 0 Å². The summed E-state index contributed by atoms with van der Waals surface area (Å²) in [6, 6.07) is 20.8. The van der Waals surface area contributed by atoms with Gasteiger partial charge in [0.05, 0.1) is 16.6 Å². The Balaban J connectivity index is 1.81. The Kier molecular flexibility index (Phi) is 6.03. The van der Waals surface area contributed by atoms with Gasteiger partial charge in [-0.1, -0.05) is 48.5 Å². The first-order chi connectivity index (χ1) is 13.8. The molecule has 0 radical (unpaired) electrons. The van der Waals surface area contributed by atoms with Gasteiger partial charge in [-0.25, -0.2) is 8.42 Å². The highest BCUT2D eigenvalue weighted by Gasteiger charge is 2.18. The predicted molar refractivity (Wildman–Crippen MR) is 115 cm³/mol. The fraction of sp³-hybridized carbons (Fsp3) is 0.174. The quantitative estimate of drug-likeness (QED) is 0.626. The molecule has 0 aliphatic carbocycles. The Hall–Kier alpha value is -3.12. The lowest BCUT2D eigenvalue weighted by molar-refractivity contribution is 0.0939. The fourth-order valence-electron chi connectivity index (χ4n) is 3.13. The fourth-order valence-corrected chi connectivity index (χ4v) is 4.30. The molecule has 150 valence electrons. The topological polar surface area (TPSA) is 75.3 Å². The first kappa shape index (κ1) is 20.6. The van der Waals surface area contributed by atoms with E-state index in [1.165, 1.54) is 12.1 Å². The molecule has 1 atom stereocenters. The van der Waals surface area contributed by atoms with Gasteiger partial charge in [-0.05, 0) is 61.7 Å². The highest BCUT2D eigenvalue weighted by atomic mass is 32.2. The second kappa shape index (κ2) is 8.49. The zero-order chi connectivity index (χ0) is 21.0. The van der Waals surface area contributed by atoms with Crippen LogP contribution in [-0.2, 0) is 10.0 Å². The lowest BCUT2D eigenvalue weighted by Crippen LogP contribution is -2.27. The molecule has 0 aliphatic rings. The first-order valence-electron chi connectivity index (χ1n) is 9.33. The third-order valence-electron chi connectivity index (χ3n) is 4.80. The van der Waals surface area contributed by atoms with Gasteiger partial charge in [-0.15, -0.1) is 0 Å². The second-order valence-electron chi connectivity index (χ2n) is 7.00. The average Bonchev–Trinajstić information content (AvgIpc) is 2.70. The molecule has 2 N–H and O–H groups in total. The van der Waals surface area contributed by atoms with Crippen LogP contribution in [0.4, 0.5) is 5.69 Å². The van der Waals surface area contributed by atoms with Crippen molar-refractivity contribution in [1.82, 2.24) is 5.32 Å². The maximum Gasteiger partial charge on any atom is 0.261 e. The summed E-state index contributed by atoms with van der Waals surface area (Å²) in [5.74, 6) is -0.325. The lowest BCUT2D eigenvalue weighted by Gasteiger charge is -2.17. The standard InChI is InChI=1S/C23H24N2O3S/c1-16-9-4-6-13-21(16)18(3)24-23(26)19-11-8-12-20(15-19)29(27,28)25-22-14-7-5-10-17(22)2/h4-15,18,25H,1-3H3,(H,24,26). The van der Waals surface area contributed by atoms with E-state index in [2.05, 4.69) is 10.0 Å². The van der Waals surface area contributed by atoms with Crippen LogP contribution in [0.5, 0.6) is 0 Å². The molecular weight excluding hydrogens is 384 g/mol. The van der Waals surface area contributed by atoms with Crippen LogP contribution >= 0.6 is 0 Å². The van der Waals surface area contributed by atoms with E-state index >= 15 is 0 Å². The van der Waals surface area contributed by atoms with Crippen molar-refractivity contribution in [3.63, 3.8) is 0 Å². The predicted octanol–water partition coefficient (Wildman–Crippen LogP) is 4.60. The van der Waals surface area contributed by atoms with Crippen LogP contribution < -0.4 is 10.0 Å². The molecule has 0 bridgehead atoms. The lowest BCUT2D eigenvalue weighted by atomic mass is 10.0. The van der Waals surface area contributed by atoms with Crippen molar-refractivity contribution < 1.29 is 13.2 Å². The highest BCUT2D eigenvalue weighted by Crippen LogP contribution is 2.21. The summed E-state index contributed by atoms with van der Waals surface area (Å²) >= 11 is 0. The molecule has 0 saturated carbocycles. The smallest absolute Gasteiger partial charge is 0.261 e. The number of hydrogen-bond acceptors (Lipinski definition) is 3. The van der Waals surface area contributed by atoms with Gasteiger partial charge in [0.1, 0.15) is 0 Å². The minimum absolute atomic E-state index is 0.0388. The van der Waals surface area contributed by atoms with Gasteiger partial charge < -0.3 is 5.32 Å². The molecule has 0 heterocycles. The summed E-state index contributed by atoms with van der Waals surface area (Å²) in [4.78, 5) is 12.7. The number of anilines is 1. The van der Waals surface area contributed by atoms with E-state index in [-0.39, 0.29) is 22.4 Å². The maximum absolute atomic E-state index is 12.8. The number of aryl methyl sites for hydroxylation is 2. The molecule has 0 aliphatic heterocycles. The molecule has 0 spiro atoms. The van der Waals surface area contributed by atoms with Crippen molar-refractivity contribution in [2.24, 2.45) is 0 Å². The van der Waals surface area contributed by atoms with E-state index in [4.69, 9.17) is 0 Å². The van der Waals surface area contributed by atoms with Crippen LogP contribution in [-0.4, -0.2) is 14.3 Å². The molecule has 3 rings (SSSR count). The van der Waals surface area contributed by atoms with E-state index in [1.54, 1.807) is 24.3 Å². The third kappa shape index (κ3) is 4.84. The molecule has 1 amide bonds. The summed E-state index contributed by atoms with van der Waals surface area (Å²) in [6.45, 7) is 5.72. The molecule has 29 heavy (non-hydrogen) atoms. The van der Waals surface area contributed by atoms with Gasteiger partial charge in [0, 0.05) is 5.56 Å². The van der Waals surface area contributed by atoms with Crippen LogP contribution in [0.3, 0.4) is 0 Å². The molecule has 5 nitrogen and oxygen atoms in total. The van der Waals surface area contributed by atoms with Gasteiger partial charge in [-0.3, -0.25) is 9.52 Å². The molecule has 3 aromatic carbocycles. The van der Waals surface area contributed by atoms with Gasteiger partial charge in [0.15, 0.2) is 0 Å². The van der Waals surface area contributed by atoms with Crippen LogP contribution in [0.1, 0.15) is 40.0 Å². The van der Waals surface area contributed by atoms with E-state index in [1.807, 2.05) is 57.2 Å². The SMILES string of the molecule is Cc1ccccc1NS(=O)(=O)c1cccc(C(=O)NC(C)c2ccccc2C)c1. The van der Waals surface area contributed by atoms with Crippen LogP contribution in [0, 0.1) is 13.8 Å². The highest BCUT2D eigenvalue weighted by molar-refractivity contribution is 7.92. The summed E-state index contributed by atoms with van der Waals surface area (Å²) in [6.07, 6.45) is 0. The Labute approximate surface area is 171 Å². The third-order valence-corrected chi connectivity index (χ3v) is 6.16. The number of rotatable bonds is 6. The molecular formula is C23H24N2O3S. The molecule has 0 fully saturated rings. The number of benzene rings is 3. The van der Waals surface area contributed by atoms with E-state index in [0.29, 0.717) is 5.69 Å². The number of carbonyl (C=O) groups is 1. The average molecular weight is 409 g/mol. The normalized spacial score (nSPS) is 12.2. The molecule has 6 heteroatoms. The number of nitrogens with one attached hydrogen (secondary N) is 2. The Morgan fingerprint density at radius 3 is 2.21 bits per heavy atom. The van der Waals surface area contributed by atoms with Crippen molar-refractivity contribution in [2.45, 2.75) is 31.7 Å². The minimum atomic E-state index is -3.81. The maximum atomic E-state index is 12.8. The van der Waals surface area contributed by atoms with Gasteiger partial charge in [0.25, 0.3) is 15.9 Å². The number of amides is 1. The summed E-state index contributed by atoms with van der Waals surface area (Å²) in [5, 5.41) is 2.94. The minimum Gasteiger partial charge on any atom is -0.346 e. The van der Waals surface area contributed by atoms with Gasteiger partial charge in [0.2, 0.25) is 0 Å². The summed E-state index contributed by atoms with van der Waals surface area (Å²) in [7, 11) is -3.81. The van der Waals surface area contributed by atoms with Crippen molar-refractivity contribution >= 4 is 21.6 Å². The number of hydrogen-bond donors (Lipinski definition) is 2. The number of sulfonamides is 1. The largest absolute Gasteiger partial charge is 0.346 e. The van der Waals surface area contributed by atoms with E-state index < -0.39 is 10.0 Å². The summed E-state index contributed by atoms with van der Waals surface area (Å²) in [5.41, 5.74) is 3.72. The number of para-hydroxylation sites is 1. The Morgan fingerprint density at radius 1 is 0.862 bits per heavy atom. The molecule has 3 aromatic rings. The molecule has 0 saturated heterocycles. The Bertz CT molecular complexity index is 1140. The number of carbonyl (C=O) groups excluding carboxylic acids is 1. The molecule has 1 unspecified atom stereocenters. The Morgan fingerprint density at radius 2 is 1.52 bits per heavy atom. The van der Waals surface area contributed by atoms with Gasteiger partial charge in [-0.2, -0.15) is 0 Å². The van der Waals surface area contributed by atoms with Gasteiger partial charge >= 0.3 is 0 Å². The molecule has 0 aromatic heterocycles. The zero-order valence-corrected chi connectivity index (χ0v) is 17.5. The van der Waals surface area contributed by atoms with Crippen molar-refractivity contribution in [3.8, 4) is 0 Å². The monoisotopic (exact) mass is 408 g/mol. The summed E-state index contributed by atoms with van der Waals surface area (Å²) < 4.78 is 28.1. The first-order valence-corrected chi connectivity index (χ1v) is 10.8.